The van der Waals surface area contributed by atoms with E-state index >= 15 is 0 Å². The lowest BCUT2D eigenvalue weighted by molar-refractivity contribution is -0.125. The van der Waals surface area contributed by atoms with E-state index in [-0.39, 0.29) is 5.79 Å². The molecule has 0 atom stereocenters. The summed E-state index contributed by atoms with van der Waals surface area (Å²) in [7, 11) is -1.18. The SMILES string of the molecule is CC1=C(CCC[SiH](c2ccccc2)c2ccccc2)C2(CC1)OCCO2. The molecule has 2 aromatic rings. The Hall–Kier alpha value is -1.68. The Bertz CT molecular complexity index is 709. The van der Waals surface area contributed by atoms with Gasteiger partial charge in [0.2, 0.25) is 0 Å². The maximum Gasteiger partial charge on any atom is 0.191 e. The number of hydrogen-bond donors (Lipinski definition) is 0. The number of ether oxygens (including phenoxy) is 2. The summed E-state index contributed by atoms with van der Waals surface area (Å²) in [5, 5.41) is 3.08. The minimum absolute atomic E-state index is 0.374. The number of rotatable bonds is 6. The van der Waals surface area contributed by atoms with Crippen molar-refractivity contribution in [1.82, 2.24) is 0 Å². The maximum absolute atomic E-state index is 6.04. The van der Waals surface area contributed by atoms with E-state index in [1.807, 2.05) is 0 Å². The fourth-order valence-electron chi connectivity index (χ4n) is 4.54. The van der Waals surface area contributed by atoms with Gasteiger partial charge in [0.05, 0.1) is 13.2 Å². The molecule has 0 bridgehead atoms. The predicted octanol–water partition coefficient (Wildman–Crippen LogP) is 3.66. The Labute approximate surface area is 158 Å². The molecule has 0 unspecified atom stereocenters. The molecule has 1 aliphatic heterocycles. The molecule has 1 spiro atoms. The quantitative estimate of drug-likeness (QED) is 0.575. The molecular weight excluding hydrogens is 336 g/mol. The van der Waals surface area contributed by atoms with Crippen LogP contribution in [0.4, 0.5) is 0 Å². The molecular formula is C23H28O2Si. The van der Waals surface area contributed by atoms with Gasteiger partial charge in [-0.15, -0.1) is 0 Å². The van der Waals surface area contributed by atoms with Crippen LogP contribution in [0, 0.1) is 0 Å². The molecule has 2 aliphatic rings. The van der Waals surface area contributed by atoms with Gasteiger partial charge < -0.3 is 9.47 Å². The normalized spacial score (nSPS) is 19.0. The molecule has 4 rings (SSSR count). The fourth-order valence-corrected chi connectivity index (χ4v) is 7.57. The van der Waals surface area contributed by atoms with Crippen molar-refractivity contribution in [2.75, 3.05) is 13.2 Å². The minimum Gasteiger partial charge on any atom is -0.344 e. The van der Waals surface area contributed by atoms with Crippen molar-refractivity contribution in [3.63, 3.8) is 0 Å². The summed E-state index contributed by atoms with van der Waals surface area (Å²) in [6.45, 7) is 3.74. The summed E-state index contributed by atoms with van der Waals surface area (Å²) in [6.07, 6.45) is 4.44. The van der Waals surface area contributed by atoms with Gasteiger partial charge in [-0.25, -0.2) is 0 Å². The summed E-state index contributed by atoms with van der Waals surface area (Å²) in [5.74, 6) is -0.374. The predicted molar refractivity (Wildman–Crippen MR) is 110 cm³/mol. The van der Waals surface area contributed by atoms with E-state index in [1.54, 1.807) is 10.4 Å². The van der Waals surface area contributed by atoms with Gasteiger partial charge in [-0.3, -0.25) is 0 Å². The molecule has 2 nitrogen and oxygen atoms in total. The third-order valence-corrected chi connectivity index (χ3v) is 9.25. The lowest BCUT2D eigenvalue weighted by atomic mass is 10.0. The van der Waals surface area contributed by atoms with Crippen LogP contribution in [0.15, 0.2) is 71.8 Å². The summed E-state index contributed by atoms with van der Waals surface area (Å²) < 4.78 is 12.1. The highest BCUT2D eigenvalue weighted by molar-refractivity contribution is 6.85. The Balaban J connectivity index is 1.48. The van der Waals surface area contributed by atoms with Crippen molar-refractivity contribution in [3.8, 4) is 0 Å². The van der Waals surface area contributed by atoms with E-state index < -0.39 is 8.80 Å². The van der Waals surface area contributed by atoms with Crippen LogP contribution in [0.1, 0.15) is 32.6 Å². The van der Waals surface area contributed by atoms with Gasteiger partial charge >= 0.3 is 0 Å². The van der Waals surface area contributed by atoms with Crippen molar-refractivity contribution < 1.29 is 9.47 Å². The van der Waals surface area contributed by atoms with E-state index in [1.165, 1.54) is 23.6 Å². The van der Waals surface area contributed by atoms with Crippen LogP contribution in [0.3, 0.4) is 0 Å². The number of hydrogen-bond acceptors (Lipinski definition) is 2. The second-order valence-electron chi connectivity index (χ2n) is 7.47. The zero-order chi connectivity index (χ0) is 17.8. The number of benzene rings is 2. The van der Waals surface area contributed by atoms with Gasteiger partial charge in [0, 0.05) is 6.42 Å². The maximum atomic E-state index is 6.04. The van der Waals surface area contributed by atoms with Gasteiger partial charge in [0.25, 0.3) is 0 Å². The monoisotopic (exact) mass is 364 g/mol. The summed E-state index contributed by atoms with van der Waals surface area (Å²) in [6, 6.07) is 23.5. The minimum atomic E-state index is -1.18. The molecule has 3 heteroatoms. The Morgan fingerprint density at radius 1 is 0.885 bits per heavy atom. The van der Waals surface area contributed by atoms with Crippen LogP contribution in [-0.4, -0.2) is 27.8 Å². The topological polar surface area (TPSA) is 18.5 Å². The van der Waals surface area contributed by atoms with Crippen molar-refractivity contribution in [3.05, 3.63) is 71.8 Å². The van der Waals surface area contributed by atoms with Gasteiger partial charge in [0.15, 0.2) is 5.79 Å². The molecule has 0 radical (unpaired) electrons. The van der Waals surface area contributed by atoms with Crippen molar-refractivity contribution in [2.24, 2.45) is 0 Å². The highest BCUT2D eigenvalue weighted by Crippen LogP contribution is 2.44. The van der Waals surface area contributed by atoms with E-state index in [2.05, 4.69) is 67.6 Å². The largest absolute Gasteiger partial charge is 0.344 e. The zero-order valence-electron chi connectivity index (χ0n) is 15.6. The molecule has 1 fully saturated rings. The first-order chi connectivity index (χ1) is 12.8. The van der Waals surface area contributed by atoms with Crippen LogP contribution < -0.4 is 10.4 Å². The van der Waals surface area contributed by atoms with E-state index in [0.717, 1.165) is 32.5 Å². The standard InChI is InChI=1S/C23H28O2Si/c1-19-14-15-23(24-16-17-25-23)22(19)13-8-18-26(20-9-4-2-5-10-20)21-11-6-3-7-12-21/h2-7,9-12,26H,8,13-18H2,1H3. The van der Waals surface area contributed by atoms with Gasteiger partial charge in [0.1, 0.15) is 8.80 Å². The first-order valence-corrected chi connectivity index (χ1v) is 11.8. The van der Waals surface area contributed by atoms with Gasteiger partial charge in [-0.05, 0) is 25.3 Å². The Morgan fingerprint density at radius 3 is 2.04 bits per heavy atom. The third kappa shape index (κ3) is 3.57. The highest BCUT2D eigenvalue weighted by Gasteiger charge is 2.44. The molecule has 0 aromatic heterocycles. The average Bonchev–Trinajstić information content (AvgIpc) is 3.29. The van der Waals surface area contributed by atoms with Crippen LogP contribution in [0.25, 0.3) is 0 Å². The molecule has 1 aliphatic carbocycles. The molecule has 26 heavy (non-hydrogen) atoms. The third-order valence-electron chi connectivity index (χ3n) is 5.88. The Morgan fingerprint density at radius 2 is 1.46 bits per heavy atom. The molecule has 2 aromatic carbocycles. The lowest BCUT2D eigenvalue weighted by Gasteiger charge is -2.26. The molecule has 0 amide bonds. The van der Waals surface area contributed by atoms with E-state index in [4.69, 9.17) is 9.47 Å². The first kappa shape index (κ1) is 17.7. The highest BCUT2D eigenvalue weighted by atomic mass is 28.3. The van der Waals surface area contributed by atoms with Crippen molar-refractivity contribution in [2.45, 2.75) is 44.4 Å². The molecule has 1 heterocycles. The lowest BCUT2D eigenvalue weighted by Crippen LogP contribution is -2.41. The van der Waals surface area contributed by atoms with Crippen LogP contribution in [0.5, 0.6) is 0 Å². The molecule has 0 N–H and O–H groups in total. The van der Waals surface area contributed by atoms with Crippen molar-refractivity contribution >= 4 is 19.2 Å². The second kappa shape index (κ2) is 7.91. The zero-order valence-corrected chi connectivity index (χ0v) is 16.8. The second-order valence-corrected chi connectivity index (χ2v) is 10.5. The molecule has 1 saturated heterocycles. The summed E-state index contributed by atoms with van der Waals surface area (Å²) >= 11 is 0. The van der Waals surface area contributed by atoms with Crippen LogP contribution in [0.2, 0.25) is 6.04 Å². The van der Waals surface area contributed by atoms with Crippen molar-refractivity contribution in [1.29, 1.82) is 0 Å². The van der Waals surface area contributed by atoms with Gasteiger partial charge in [-0.2, -0.15) is 0 Å². The average molecular weight is 365 g/mol. The van der Waals surface area contributed by atoms with Crippen LogP contribution in [-0.2, 0) is 9.47 Å². The fraction of sp³-hybridized carbons (Fsp3) is 0.391. The molecule has 0 saturated carbocycles. The Kier molecular flexibility index (Phi) is 5.39. The van der Waals surface area contributed by atoms with E-state index in [0.29, 0.717) is 0 Å². The molecule has 136 valence electrons. The summed E-state index contributed by atoms with van der Waals surface area (Å²) in [5.41, 5.74) is 2.92. The van der Waals surface area contributed by atoms with Crippen LogP contribution >= 0.6 is 0 Å². The van der Waals surface area contributed by atoms with E-state index in [9.17, 15) is 0 Å². The number of allylic oxidation sites excluding steroid dienone is 1. The van der Waals surface area contributed by atoms with Gasteiger partial charge in [-0.1, -0.05) is 89.1 Å². The first-order valence-electron chi connectivity index (χ1n) is 9.85. The smallest absolute Gasteiger partial charge is 0.191 e. The summed E-state index contributed by atoms with van der Waals surface area (Å²) in [4.78, 5) is 0.